The Labute approximate surface area is 249 Å². The van der Waals surface area contributed by atoms with Crippen molar-refractivity contribution in [1.29, 1.82) is 0 Å². The predicted octanol–water partition coefficient (Wildman–Crippen LogP) is 9.71. The molecule has 0 saturated heterocycles. The lowest BCUT2D eigenvalue weighted by atomic mass is 10.0. The maximum Gasteiger partial charge on any atom is 0.0872 e. The van der Waals surface area contributed by atoms with Crippen molar-refractivity contribution in [3.05, 3.63) is 132 Å². The number of nitrogens with one attached hydrogen (secondary N) is 3. The van der Waals surface area contributed by atoms with Gasteiger partial charge in [0.25, 0.3) is 0 Å². The zero-order valence-corrected chi connectivity index (χ0v) is 23.9. The number of benzene rings is 2. The first-order valence-electron chi connectivity index (χ1n) is 14.5. The van der Waals surface area contributed by atoms with Gasteiger partial charge in [0.1, 0.15) is 0 Å². The number of hydrogen-bond donors (Lipinski definition) is 3. The molecule has 0 radical (unpaired) electrons. The highest BCUT2D eigenvalue weighted by atomic mass is 14.8. The summed E-state index contributed by atoms with van der Waals surface area (Å²) >= 11 is 0. The van der Waals surface area contributed by atoms with E-state index in [-0.39, 0.29) is 0 Å². The molecule has 0 amide bonds. The Balaban J connectivity index is 1.55. The van der Waals surface area contributed by atoms with Gasteiger partial charge in [-0.1, -0.05) is 59.7 Å². The molecule has 7 aromatic rings. The number of aromatic nitrogens is 5. The van der Waals surface area contributed by atoms with Gasteiger partial charge in [-0.05, 0) is 91.2 Å². The summed E-state index contributed by atoms with van der Waals surface area (Å²) in [6.07, 6.45) is 7.90. The van der Waals surface area contributed by atoms with Crippen LogP contribution in [0.1, 0.15) is 22.5 Å². The number of nitrogens with zero attached hydrogens (tertiary/aromatic N) is 2. The zero-order chi connectivity index (χ0) is 28.9. The highest BCUT2D eigenvalue weighted by molar-refractivity contribution is 6.00. The Morgan fingerprint density at radius 2 is 0.791 bits per heavy atom. The van der Waals surface area contributed by atoms with Crippen LogP contribution in [0.3, 0.4) is 0 Å². The van der Waals surface area contributed by atoms with E-state index < -0.39 is 0 Å². The van der Waals surface area contributed by atoms with Crippen LogP contribution in [-0.4, -0.2) is 24.9 Å². The van der Waals surface area contributed by atoms with Gasteiger partial charge in [0.05, 0.1) is 16.9 Å². The second-order valence-corrected chi connectivity index (χ2v) is 11.2. The normalized spacial score (nSPS) is 11.9. The molecule has 0 fully saturated rings. The standard InChI is InChI=1S/C38H29N5/c1-23-3-7-25(8-4-23)36-30-13-11-28(40-30)29-12-14-31(41-29)37(26-9-5-24(2)6-10-26)33-16-18-35(43-33)38(27-19-21-39-22-20-27)34-17-15-32(36)42-34/h3-22,40,42-43H,1-2H3. The van der Waals surface area contributed by atoms with E-state index in [0.29, 0.717) is 0 Å². The number of aromatic amines is 3. The van der Waals surface area contributed by atoms with E-state index in [9.17, 15) is 0 Å². The molecule has 0 aliphatic carbocycles. The van der Waals surface area contributed by atoms with E-state index in [4.69, 9.17) is 4.98 Å². The van der Waals surface area contributed by atoms with Crippen LogP contribution in [0.25, 0.3) is 78.6 Å². The summed E-state index contributed by atoms with van der Waals surface area (Å²) in [6.45, 7) is 4.23. The van der Waals surface area contributed by atoms with Gasteiger partial charge in [-0.3, -0.25) is 4.98 Å². The van der Waals surface area contributed by atoms with Crippen LogP contribution in [0.2, 0.25) is 0 Å². The number of aryl methyl sites for hydroxylation is 2. The Morgan fingerprint density at radius 1 is 0.395 bits per heavy atom. The van der Waals surface area contributed by atoms with Crippen molar-refractivity contribution in [3.63, 3.8) is 0 Å². The van der Waals surface area contributed by atoms with Gasteiger partial charge in [0, 0.05) is 56.7 Å². The van der Waals surface area contributed by atoms with Crippen LogP contribution in [0.5, 0.6) is 0 Å². The van der Waals surface area contributed by atoms with Gasteiger partial charge >= 0.3 is 0 Å². The zero-order valence-electron chi connectivity index (χ0n) is 23.9. The quantitative estimate of drug-likeness (QED) is 0.203. The summed E-state index contributed by atoms with van der Waals surface area (Å²) in [7, 11) is 0. The van der Waals surface area contributed by atoms with Gasteiger partial charge in [-0.2, -0.15) is 0 Å². The largest absolute Gasteiger partial charge is 0.354 e. The third kappa shape index (κ3) is 4.43. The van der Waals surface area contributed by atoms with Crippen molar-refractivity contribution in [1.82, 2.24) is 24.9 Å². The number of hydrogen-bond acceptors (Lipinski definition) is 2. The number of H-pyrrole nitrogens is 3. The molecule has 0 spiro atoms. The molecular formula is C38H29N5. The third-order valence-corrected chi connectivity index (χ3v) is 8.23. The molecule has 43 heavy (non-hydrogen) atoms. The predicted molar refractivity (Wildman–Crippen MR) is 179 cm³/mol. The fourth-order valence-corrected chi connectivity index (χ4v) is 6.03. The summed E-state index contributed by atoms with van der Waals surface area (Å²) < 4.78 is 0. The maximum atomic E-state index is 5.16. The summed E-state index contributed by atoms with van der Waals surface area (Å²) in [5, 5.41) is 0. The molecule has 0 unspecified atom stereocenters. The molecule has 3 N–H and O–H groups in total. The first-order valence-corrected chi connectivity index (χ1v) is 14.5. The van der Waals surface area contributed by atoms with E-state index >= 15 is 0 Å². The lowest BCUT2D eigenvalue weighted by Crippen LogP contribution is -1.86. The summed E-state index contributed by atoms with van der Waals surface area (Å²) in [6, 6.07) is 34.4. The molecule has 0 saturated carbocycles. The first kappa shape index (κ1) is 25.1. The van der Waals surface area contributed by atoms with Crippen LogP contribution in [0.15, 0.2) is 109 Å². The lowest BCUT2D eigenvalue weighted by Gasteiger charge is -2.05. The fourth-order valence-electron chi connectivity index (χ4n) is 6.03. The number of rotatable bonds is 3. The molecule has 8 rings (SSSR count). The van der Waals surface area contributed by atoms with Crippen molar-refractivity contribution in [2.75, 3.05) is 0 Å². The smallest absolute Gasteiger partial charge is 0.0872 e. The average molecular weight is 556 g/mol. The van der Waals surface area contributed by atoms with Crippen LogP contribution >= 0.6 is 0 Å². The van der Waals surface area contributed by atoms with Crippen molar-refractivity contribution in [2.45, 2.75) is 13.8 Å². The second kappa shape index (κ2) is 10.00. The van der Waals surface area contributed by atoms with E-state index in [1.165, 1.54) is 11.1 Å². The Morgan fingerprint density at radius 3 is 1.33 bits per heavy atom. The van der Waals surface area contributed by atoms with Crippen molar-refractivity contribution in [2.24, 2.45) is 0 Å². The highest BCUT2D eigenvalue weighted by Gasteiger charge is 2.15. The topological polar surface area (TPSA) is 73.2 Å². The monoisotopic (exact) mass is 555 g/mol. The Hall–Kier alpha value is -5.68. The van der Waals surface area contributed by atoms with E-state index in [1.54, 1.807) is 0 Å². The fraction of sp³-hybridized carbons (Fsp3) is 0.0526. The molecule has 5 heteroatoms. The summed E-state index contributed by atoms with van der Waals surface area (Å²) in [5.41, 5.74) is 16.9. The average Bonchev–Trinajstić information content (AvgIpc) is 3.85. The molecule has 5 nitrogen and oxygen atoms in total. The van der Waals surface area contributed by atoms with E-state index in [2.05, 4.69) is 143 Å². The minimum Gasteiger partial charge on any atom is -0.354 e. The van der Waals surface area contributed by atoms with Gasteiger partial charge in [-0.15, -0.1) is 0 Å². The van der Waals surface area contributed by atoms with Crippen molar-refractivity contribution in [3.8, 4) is 33.4 Å². The van der Waals surface area contributed by atoms with Crippen molar-refractivity contribution < 1.29 is 0 Å². The molecule has 206 valence electrons. The SMILES string of the molecule is Cc1ccc(-c2c3nc(c4ccc([nH]4)c(-c4ccc(C)cc4)c4ccc([nH]4)c(-c4ccncc4)c4ccc2[nH]4)C=C3)cc1. The van der Waals surface area contributed by atoms with Crippen LogP contribution < -0.4 is 0 Å². The van der Waals surface area contributed by atoms with E-state index in [0.717, 1.165) is 77.9 Å². The molecule has 2 aromatic carbocycles. The Bertz CT molecular complexity index is 2280. The molecule has 5 aromatic heterocycles. The molecule has 1 aliphatic heterocycles. The minimum absolute atomic E-state index is 0.909. The Kier molecular flexibility index (Phi) is 5.83. The minimum atomic E-state index is 0.909. The molecule has 0 atom stereocenters. The maximum absolute atomic E-state index is 5.16. The van der Waals surface area contributed by atoms with E-state index in [1.807, 2.05) is 12.4 Å². The van der Waals surface area contributed by atoms with Gasteiger partial charge in [-0.25, -0.2) is 4.98 Å². The van der Waals surface area contributed by atoms with Crippen LogP contribution in [-0.2, 0) is 0 Å². The lowest BCUT2D eigenvalue weighted by molar-refractivity contribution is 1.32. The van der Waals surface area contributed by atoms with Crippen molar-refractivity contribution >= 4 is 45.3 Å². The summed E-state index contributed by atoms with van der Waals surface area (Å²) in [5.74, 6) is 0. The molecule has 1 aliphatic rings. The highest BCUT2D eigenvalue weighted by Crippen LogP contribution is 2.35. The first-order chi connectivity index (χ1) is 21.1. The number of fused-ring (bicyclic) bond motifs is 9. The molecule has 8 bridgehead atoms. The van der Waals surface area contributed by atoms with Gasteiger partial charge < -0.3 is 15.0 Å². The molecule has 6 heterocycles. The van der Waals surface area contributed by atoms with Gasteiger partial charge in [0.2, 0.25) is 0 Å². The van der Waals surface area contributed by atoms with Gasteiger partial charge in [0.15, 0.2) is 0 Å². The second-order valence-electron chi connectivity index (χ2n) is 11.2. The van der Waals surface area contributed by atoms with Crippen LogP contribution in [0.4, 0.5) is 0 Å². The third-order valence-electron chi connectivity index (χ3n) is 8.23. The summed E-state index contributed by atoms with van der Waals surface area (Å²) in [4.78, 5) is 20.7. The van der Waals surface area contributed by atoms with Crippen LogP contribution in [0, 0.1) is 13.8 Å². The molecular weight excluding hydrogens is 526 g/mol. The number of pyridine rings is 1.